The first-order valence-corrected chi connectivity index (χ1v) is 6.91. The third-order valence-electron chi connectivity index (χ3n) is 3.38. The molecule has 0 saturated heterocycles. The van der Waals surface area contributed by atoms with E-state index in [0.29, 0.717) is 18.1 Å². The van der Waals surface area contributed by atoms with Crippen LogP contribution in [0.25, 0.3) is 11.4 Å². The number of aromatic hydroxyl groups is 1. The lowest BCUT2D eigenvalue weighted by molar-refractivity contribution is 0.452. The van der Waals surface area contributed by atoms with E-state index in [4.69, 9.17) is 0 Å². The van der Waals surface area contributed by atoms with Gasteiger partial charge in [-0.25, -0.2) is 0 Å². The molecule has 0 unspecified atom stereocenters. The van der Waals surface area contributed by atoms with E-state index >= 15 is 0 Å². The van der Waals surface area contributed by atoms with Crippen LogP contribution >= 0.6 is 0 Å². The van der Waals surface area contributed by atoms with Crippen molar-refractivity contribution >= 4 is 0 Å². The standard InChI is InChI=1S/C16H16N4O/c1-2-12-9-6-10-14(15(12)21)11-20-18-16(17-19-20)13-7-4-3-5-8-13/h3-10,21H,2,11H2,1H3. The molecular weight excluding hydrogens is 264 g/mol. The Bertz CT molecular complexity index is 737. The van der Waals surface area contributed by atoms with Crippen molar-refractivity contribution in [2.24, 2.45) is 0 Å². The third kappa shape index (κ3) is 2.76. The quantitative estimate of drug-likeness (QED) is 0.798. The molecule has 0 radical (unpaired) electrons. The van der Waals surface area contributed by atoms with Crippen LogP contribution in [0.4, 0.5) is 0 Å². The van der Waals surface area contributed by atoms with Crippen molar-refractivity contribution in [3.05, 3.63) is 59.7 Å². The number of rotatable bonds is 4. The fraction of sp³-hybridized carbons (Fsp3) is 0.188. The Labute approximate surface area is 122 Å². The molecule has 0 saturated carbocycles. The molecule has 106 valence electrons. The summed E-state index contributed by atoms with van der Waals surface area (Å²) in [6.45, 7) is 2.42. The number of nitrogens with zero attached hydrogens (tertiary/aromatic N) is 4. The van der Waals surface area contributed by atoms with Gasteiger partial charge in [0, 0.05) is 11.1 Å². The Morgan fingerprint density at radius 2 is 1.76 bits per heavy atom. The zero-order chi connectivity index (χ0) is 14.7. The lowest BCUT2D eigenvalue weighted by Gasteiger charge is -2.07. The number of aryl methyl sites for hydroxylation is 1. The highest BCUT2D eigenvalue weighted by Crippen LogP contribution is 2.23. The summed E-state index contributed by atoms with van der Waals surface area (Å²) in [5, 5.41) is 22.6. The van der Waals surface area contributed by atoms with Gasteiger partial charge in [-0.1, -0.05) is 55.5 Å². The SMILES string of the molecule is CCc1cccc(Cn2nnc(-c3ccccc3)n2)c1O. The van der Waals surface area contributed by atoms with E-state index in [1.54, 1.807) is 0 Å². The normalized spacial score (nSPS) is 10.7. The molecule has 0 aliphatic rings. The van der Waals surface area contributed by atoms with Crippen LogP contribution in [0.2, 0.25) is 0 Å². The van der Waals surface area contributed by atoms with Crippen LogP contribution in [0, 0.1) is 0 Å². The number of hydrogen-bond donors (Lipinski definition) is 1. The monoisotopic (exact) mass is 280 g/mol. The lowest BCUT2D eigenvalue weighted by atomic mass is 10.1. The Morgan fingerprint density at radius 3 is 2.52 bits per heavy atom. The van der Waals surface area contributed by atoms with Gasteiger partial charge in [-0.3, -0.25) is 0 Å². The number of hydrogen-bond acceptors (Lipinski definition) is 4. The molecule has 0 spiro atoms. The number of phenols is 1. The van der Waals surface area contributed by atoms with E-state index in [9.17, 15) is 5.11 Å². The van der Waals surface area contributed by atoms with Gasteiger partial charge in [-0.2, -0.15) is 4.80 Å². The molecule has 3 rings (SSSR count). The average molecular weight is 280 g/mol. The third-order valence-corrected chi connectivity index (χ3v) is 3.38. The lowest BCUT2D eigenvalue weighted by Crippen LogP contribution is -2.05. The van der Waals surface area contributed by atoms with Gasteiger partial charge in [0.15, 0.2) is 0 Å². The Hall–Kier alpha value is -2.69. The Morgan fingerprint density at radius 1 is 1.00 bits per heavy atom. The summed E-state index contributed by atoms with van der Waals surface area (Å²) in [4.78, 5) is 1.50. The summed E-state index contributed by atoms with van der Waals surface area (Å²) in [5.74, 6) is 0.903. The van der Waals surface area contributed by atoms with Crippen LogP contribution in [-0.2, 0) is 13.0 Å². The summed E-state index contributed by atoms with van der Waals surface area (Å²) in [6.07, 6.45) is 0.791. The minimum absolute atomic E-state index is 0.318. The van der Waals surface area contributed by atoms with Crippen LogP contribution in [0.5, 0.6) is 5.75 Å². The Kier molecular flexibility index (Phi) is 3.64. The second kappa shape index (κ2) is 5.75. The van der Waals surface area contributed by atoms with Crippen molar-refractivity contribution in [1.82, 2.24) is 20.2 Å². The molecule has 1 heterocycles. The van der Waals surface area contributed by atoms with Crippen LogP contribution in [0.1, 0.15) is 18.1 Å². The zero-order valence-electron chi connectivity index (χ0n) is 11.8. The van der Waals surface area contributed by atoms with E-state index < -0.39 is 0 Å². The van der Waals surface area contributed by atoms with Crippen molar-refractivity contribution in [3.63, 3.8) is 0 Å². The molecule has 0 fully saturated rings. The maximum absolute atomic E-state index is 10.2. The molecule has 2 aromatic carbocycles. The van der Waals surface area contributed by atoms with Gasteiger partial charge in [-0.15, -0.1) is 10.2 Å². The topological polar surface area (TPSA) is 63.8 Å². The average Bonchev–Trinajstić information content (AvgIpc) is 2.99. The van der Waals surface area contributed by atoms with Crippen molar-refractivity contribution in [1.29, 1.82) is 0 Å². The van der Waals surface area contributed by atoms with Gasteiger partial charge in [-0.05, 0) is 17.2 Å². The summed E-state index contributed by atoms with van der Waals surface area (Å²) >= 11 is 0. The molecule has 0 atom stereocenters. The number of aromatic nitrogens is 4. The van der Waals surface area contributed by atoms with Crippen LogP contribution in [-0.4, -0.2) is 25.3 Å². The van der Waals surface area contributed by atoms with E-state index in [2.05, 4.69) is 15.4 Å². The highest BCUT2D eigenvalue weighted by atomic mass is 16.3. The molecule has 1 N–H and O–H groups in total. The minimum Gasteiger partial charge on any atom is -0.507 e. The van der Waals surface area contributed by atoms with E-state index in [-0.39, 0.29) is 0 Å². The predicted molar refractivity (Wildman–Crippen MR) is 79.8 cm³/mol. The first-order valence-electron chi connectivity index (χ1n) is 6.91. The number of para-hydroxylation sites is 1. The molecule has 0 bridgehead atoms. The fourth-order valence-electron chi connectivity index (χ4n) is 2.22. The van der Waals surface area contributed by atoms with Crippen molar-refractivity contribution in [2.45, 2.75) is 19.9 Å². The summed E-state index contributed by atoms with van der Waals surface area (Å²) < 4.78 is 0. The van der Waals surface area contributed by atoms with Crippen LogP contribution in [0.15, 0.2) is 48.5 Å². The zero-order valence-corrected chi connectivity index (χ0v) is 11.8. The maximum atomic E-state index is 10.2. The molecule has 0 aliphatic carbocycles. The first kappa shape index (κ1) is 13.3. The summed E-state index contributed by atoms with van der Waals surface area (Å²) in [6, 6.07) is 15.4. The fourth-order valence-corrected chi connectivity index (χ4v) is 2.22. The van der Waals surface area contributed by atoms with Gasteiger partial charge in [0.1, 0.15) is 5.75 Å². The number of benzene rings is 2. The summed E-state index contributed by atoms with van der Waals surface area (Å²) in [5.41, 5.74) is 2.65. The largest absolute Gasteiger partial charge is 0.507 e. The minimum atomic E-state index is 0.318. The van der Waals surface area contributed by atoms with Crippen LogP contribution in [0.3, 0.4) is 0 Å². The molecule has 0 aliphatic heterocycles. The van der Waals surface area contributed by atoms with Gasteiger partial charge in [0.25, 0.3) is 0 Å². The van der Waals surface area contributed by atoms with Gasteiger partial charge < -0.3 is 5.11 Å². The van der Waals surface area contributed by atoms with Gasteiger partial charge in [0.05, 0.1) is 6.54 Å². The molecule has 21 heavy (non-hydrogen) atoms. The highest BCUT2D eigenvalue weighted by Gasteiger charge is 2.09. The molecule has 1 aromatic heterocycles. The van der Waals surface area contributed by atoms with E-state index in [0.717, 1.165) is 23.1 Å². The van der Waals surface area contributed by atoms with Crippen molar-refractivity contribution in [2.75, 3.05) is 0 Å². The van der Waals surface area contributed by atoms with Crippen LogP contribution < -0.4 is 0 Å². The van der Waals surface area contributed by atoms with Gasteiger partial charge >= 0.3 is 0 Å². The number of tetrazole rings is 1. The summed E-state index contributed by atoms with van der Waals surface area (Å²) in [7, 11) is 0. The second-order valence-electron chi connectivity index (χ2n) is 4.79. The maximum Gasteiger partial charge on any atom is 0.204 e. The smallest absolute Gasteiger partial charge is 0.204 e. The molecule has 5 nitrogen and oxygen atoms in total. The first-order chi connectivity index (χ1) is 10.3. The Balaban J connectivity index is 1.85. The van der Waals surface area contributed by atoms with Crippen molar-refractivity contribution < 1.29 is 5.11 Å². The van der Waals surface area contributed by atoms with Gasteiger partial charge in [0.2, 0.25) is 5.82 Å². The molecule has 3 aromatic rings. The molecule has 5 heteroatoms. The molecule has 0 amide bonds. The van der Waals surface area contributed by atoms with E-state index in [1.165, 1.54) is 4.80 Å². The highest BCUT2D eigenvalue weighted by molar-refractivity contribution is 5.53. The number of phenolic OH excluding ortho intramolecular Hbond substituents is 1. The second-order valence-corrected chi connectivity index (χ2v) is 4.79. The molecular formula is C16H16N4O. The predicted octanol–water partition coefficient (Wildman–Crippen LogP) is 2.66. The van der Waals surface area contributed by atoms with Crippen molar-refractivity contribution in [3.8, 4) is 17.1 Å². The van der Waals surface area contributed by atoms with E-state index in [1.807, 2.05) is 55.5 Å².